The maximum Gasteiger partial charge on any atom is 0.308 e. The Hall–Kier alpha value is -2.17. The van der Waals surface area contributed by atoms with Gasteiger partial charge in [0.2, 0.25) is 0 Å². The standard InChI is InChI=1S/C24H34N4O4.HI/c1-3-25-24(27-18-13-11-17(12-14-18)23(31)32-4-2)26-15-7-8-16-28-21(29)19-9-5-6-10-20(19)22(28)30;/h5-6,9-10,17-18H,3-4,7-8,11-16H2,1-2H3,(H2,25,26,27);1H. The van der Waals surface area contributed by atoms with Gasteiger partial charge < -0.3 is 15.4 Å². The smallest absolute Gasteiger partial charge is 0.308 e. The lowest BCUT2D eigenvalue weighted by molar-refractivity contribution is -0.149. The van der Waals surface area contributed by atoms with Gasteiger partial charge in [-0.15, -0.1) is 24.0 Å². The number of guanidine groups is 1. The summed E-state index contributed by atoms with van der Waals surface area (Å²) in [6, 6.07) is 7.25. The van der Waals surface area contributed by atoms with Crippen molar-refractivity contribution in [1.29, 1.82) is 0 Å². The molecule has 1 aliphatic heterocycles. The number of carbonyl (C=O) groups excluding carboxylic acids is 3. The van der Waals surface area contributed by atoms with E-state index in [0.717, 1.165) is 44.6 Å². The fourth-order valence-corrected chi connectivity index (χ4v) is 4.26. The second kappa shape index (κ2) is 13.5. The summed E-state index contributed by atoms with van der Waals surface area (Å²) >= 11 is 0. The molecule has 33 heavy (non-hydrogen) atoms. The van der Waals surface area contributed by atoms with Crippen LogP contribution in [0, 0.1) is 5.92 Å². The molecule has 0 bridgehead atoms. The number of unbranched alkanes of at least 4 members (excludes halogenated alkanes) is 1. The molecule has 3 rings (SSSR count). The quantitative estimate of drug-likeness (QED) is 0.118. The largest absolute Gasteiger partial charge is 0.466 e. The number of amides is 2. The number of carbonyl (C=O) groups is 3. The molecule has 182 valence electrons. The van der Waals surface area contributed by atoms with Crippen LogP contribution in [0.1, 0.15) is 73.1 Å². The summed E-state index contributed by atoms with van der Waals surface area (Å²) in [5.41, 5.74) is 0.985. The first-order valence-corrected chi connectivity index (χ1v) is 11.7. The summed E-state index contributed by atoms with van der Waals surface area (Å²) in [6.45, 7) is 6.07. The Bertz CT molecular complexity index is 818. The van der Waals surface area contributed by atoms with Crippen LogP contribution in [0.2, 0.25) is 0 Å². The predicted molar refractivity (Wildman–Crippen MR) is 138 cm³/mol. The number of rotatable bonds is 9. The van der Waals surface area contributed by atoms with Gasteiger partial charge in [0.15, 0.2) is 5.96 Å². The molecule has 1 aliphatic carbocycles. The van der Waals surface area contributed by atoms with E-state index < -0.39 is 0 Å². The van der Waals surface area contributed by atoms with Gasteiger partial charge in [-0.2, -0.15) is 0 Å². The van der Waals surface area contributed by atoms with Crippen LogP contribution in [-0.2, 0) is 9.53 Å². The van der Waals surface area contributed by atoms with Gasteiger partial charge in [0.25, 0.3) is 11.8 Å². The molecule has 1 heterocycles. The van der Waals surface area contributed by atoms with Gasteiger partial charge in [-0.25, -0.2) is 0 Å². The van der Waals surface area contributed by atoms with E-state index in [1.54, 1.807) is 24.3 Å². The summed E-state index contributed by atoms with van der Waals surface area (Å²) < 4.78 is 5.14. The number of hydrogen-bond donors (Lipinski definition) is 2. The van der Waals surface area contributed by atoms with Crippen molar-refractivity contribution < 1.29 is 19.1 Å². The van der Waals surface area contributed by atoms with Gasteiger partial charge in [0.05, 0.1) is 23.7 Å². The number of esters is 1. The van der Waals surface area contributed by atoms with E-state index in [4.69, 9.17) is 4.74 Å². The monoisotopic (exact) mass is 570 g/mol. The highest BCUT2D eigenvalue weighted by atomic mass is 127. The van der Waals surface area contributed by atoms with Gasteiger partial charge in [-0.1, -0.05) is 12.1 Å². The summed E-state index contributed by atoms with van der Waals surface area (Å²) in [4.78, 5) is 42.7. The van der Waals surface area contributed by atoms with Crippen molar-refractivity contribution in [2.45, 2.75) is 58.4 Å². The first-order chi connectivity index (χ1) is 15.5. The Kier molecular flexibility index (Phi) is 11.1. The van der Waals surface area contributed by atoms with Crippen LogP contribution < -0.4 is 10.6 Å². The zero-order valence-electron chi connectivity index (χ0n) is 19.5. The Balaban J connectivity index is 0.00000385. The molecule has 1 aromatic rings. The Labute approximate surface area is 212 Å². The van der Waals surface area contributed by atoms with Crippen LogP contribution >= 0.6 is 24.0 Å². The fourth-order valence-electron chi connectivity index (χ4n) is 4.26. The first-order valence-electron chi connectivity index (χ1n) is 11.7. The minimum atomic E-state index is -0.206. The highest BCUT2D eigenvalue weighted by Gasteiger charge is 2.34. The zero-order chi connectivity index (χ0) is 22.9. The molecule has 1 aromatic carbocycles. The van der Waals surface area contributed by atoms with Crippen molar-refractivity contribution in [3.63, 3.8) is 0 Å². The van der Waals surface area contributed by atoms with Crippen LogP contribution in [0.3, 0.4) is 0 Å². The second-order valence-corrected chi connectivity index (χ2v) is 8.22. The lowest BCUT2D eigenvalue weighted by Crippen LogP contribution is -2.45. The third kappa shape index (κ3) is 7.15. The fraction of sp³-hybridized carbons (Fsp3) is 0.583. The molecule has 9 heteroatoms. The molecule has 0 radical (unpaired) electrons. The number of hydrogen-bond acceptors (Lipinski definition) is 5. The minimum Gasteiger partial charge on any atom is -0.466 e. The maximum atomic E-state index is 12.4. The molecule has 0 aromatic heterocycles. The molecule has 1 fully saturated rings. The van der Waals surface area contributed by atoms with Gasteiger partial charge >= 0.3 is 5.97 Å². The van der Waals surface area contributed by atoms with Crippen molar-refractivity contribution in [1.82, 2.24) is 15.5 Å². The Morgan fingerprint density at radius 3 is 2.27 bits per heavy atom. The molecule has 8 nitrogen and oxygen atoms in total. The van der Waals surface area contributed by atoms with Crippen LogP contribution in [-0.4, -0.2) is 60.9 Å². The average molecular weight is 570 g/mol. The maximum absolute atomic E-state index is 12.4. The SMILES string of the molecule is CCNC(=NCCCCN1C(=O)c2ccccc2C1=O)NC1CCC(C(=O)OCC)CC1.I. The van der Waals surface area contributed by atoms with Crippen LogP contribution in [0.4, 0.5) is 0 Å². The number of benzene rings is 1. The highest BCUT2D eigenvalue weighted by molar-refractivity contribution is 14.0. The number of ether oxygens (including phenoxy) is 1. The summed E-state index contributed by atoms with van der Waals surface area (Å²) in [5, 5.41) is 6.75. The third-order valence-electron chi connectivity index (χ3n) is 5.97. The van der Waals surface area contributed by atoms with E-state index in [-0.39, 0.29) is 53.7 Å². The number of nitrogens with one attached hydrogen (secondary N) is 2. The van der Waals surface area contributed by atoms with Crippen molar-refractivity contribution in [3.8, 4) is 0 Å². The average Bonchev–Trinajstić information content (AvgIpc) is 3.04. The zero-order valence-corrected chi connectivity index (χ0v) is 21.8. The molecule has 0 spiro atoms. The van der Waals surface area contributed by atoms with Gasteiger partial charge in [-0.05, 0) is 64.5 Å². The number of halogens is 1. The van der Waals surface area contributed by atoms with Crippen molar-refractivity contribution in [2.24, 2.45) is 10.9 Å². The van der Waals surface area contributed by atoms with Crippen LogP contribution in [0.15, 0.2) is 29.3 Å². The molecular weight excluding hydrogens is 535 g/mol. The molecule has 2 amide bonds. The van der Waals surface area contributed by atoms with Crippen LogP contribution in [0.5, 0.6) is 0 Å². The minimum absolute atomic E-state index is 0. The molecule has 0 atom stereocenters. The van der Waals surface area contributed by atoms with E-state index in [2.05, 4.69) is 15.6 Å². The van der Waals surface area contributed by atoms with Crippen molar-refractivity contribution in [3.05, 3.63) is 35.4 Å². The third-order valence-corrected chi connectivity index (χ3v) is 5.97. The normalized spacial score (nSPS) is 20.2. The first kappa shape index (κ1) is 27.1. The molecule has 0 saturated heterocycles. The van der Waals surface area contributed by atoms with E-state index in [9.17, 15) is 14.4 Å². The molecule has 2 N–H and O–H groups in total. The topological polar surface area (TPSA) is 100 Å². The van der Waals surface area contributed by atoms with Gasteiger partial charge in [0, 0.05) is 25.7 Å². The Morgan fingerprint density at radius 2 is 1.70 bits per heavy atom. The van der Waals surface area contributed by atoms with Crippen LogP contribution in [0.25, 0.3) is 0 Å². The van der Waals surface area contributed by atoms with E-state index in [0.29, 0.717) is 37.2 Å². The van der Waals surface area contributed by atoms with Gasteiger partial charge in [0.1, 0.15) is 0 Å². The predicted octanol–water partition coefficient (Wildman–Crippen LogP) is 3.36. The number of imide groups is 1. The second-order valence-electron chi connectivity index (χ2n) is 8.22. The van der Waals surface area contributed by atoms with Gasteiger partial charge in [-0.3, -0.25) is 24.3 Å². The lowest BCUT2D eigenvalue weighted by Gasteiger charge is -2.29. The molecule has 0 unspecified atom stereocenters. The molecular formula is C24H35IN4O4. The molecule has 1 saturated carbocycles. The highest BCUT2D eigenvalue weighted by Crippen LogP contribution is 2.25. The summed E-state index contributed by atoms with van der Waals surface area (Å²) in [5.74, 6) is 0.289. The summed E-state index contributed by atoms with van der Waals surface area (Å²) in [7, 11) is 0. The van der Waals surface area contributed by atoms with Crippen molar-refractivity contribution in [2.75, 3.05) is 26.2 Å². The number of aliphatic imine (C=N–C) groups is 1. The van der Waals surface area contributed by atoms with E-state index in [1.165, 1.54) is 4.90 Å². The Morgan fingerprint density at radius 1 is 1.06 bits per heavy atom. The van der Waals surface area contributed by atoms with Crippen molar-refractivity contribution >= 4 is 47.7 Å². The van der Waals surface area contributed by atoms with E-state index in [1.807, 2.05) is 13.8 Å². The summed E-state index contributed by atoms with van der Waals surface area (Å²) in [6.07, 6.45) is 4.96. The number of fused-ring (bicyclic) bond motifs is 1. The molecule has 2 aliphatic rings. The number of nitrogens with zero attached hydrogens (tertiary/aromatic N) is 2. The van der Waals surface area contributed by atoms with E-state index >= 15 is 0 Å². The lowest BCUT2D eigenvalue weighted by atomic mass is 9.86.